The van der Waals surface area contributed by atoms with Crippen LogP contribution >= 0.6 is 0 Å². The van der Waals surface area contributed by atoms with Crippen LogP contribution in [0.1, 0.15) is 36.4 Å². The largest absolute Gasteiger partial charge is 0.480 e. The fraction of sp³-hybridized carbons (Fsp3) is 0.588. The quantitative estimate of drug-likeness (QED) is 0.907. The molecule has 4 heteroatoms. The fourth-order valence-corrected chi connectivity index (χ4v) is 4.62. The summed E-state index contributed by atoms with van der Waals surface area (Å²) in [5.41, 5.74) is 2.46. The molecule has 2 fully saturated rings. The highest BCUT2D eigenvalue weighted by Gasteiger charge is 2.50. The van der Waals surface area contributed by atoms with E-state index in [-0.39, 0.29) is 12.1 Å². The predicted molar refractivity (Wildman–Crippen MR) is 77.8 cm³/mol. The summed E-state index contributed by atoms with van der Waals surface area (Å²) in [6.45, 7) is 2.16. The van der Waals surface area contributed by atoms with Crippen LogP contribution in [0.15, 0.2) is 24.3 Å². The Balaban J connectivity index is 1.69. The third-order valence-corrected chi connectivity index (χ3v) is 5.53. The van der Waals surface area contributed by atoms with Gasteiger partial charge in [0.2, 0.25) is 0 Å². The van der Waals surface area contributed by atoms with Gasteiger partial charge in [-0.25, -0.2) is 0 Å². The molecule has 4 rings (SSSR count). The highest BCUT2D eigenvalue weighted by molar-refractivity contribution is 5.74. The van der Waals surface area contributed by atoms with Gasteiger partial charge in [-0.2, -0.15) is 0 Å². The maximum absolute atomic E-state index is 11.8. The summed E-state index contributed by atoms with van der Waals surface area (Å²) in [5.74, 6) is 0.226. The second-order valence-electron chi connectivity index (χ2n) is 6.56. The van der Waals surface area contributed by atoms with Gasteiger partial charge in [-0.1, -0.05) is 30.7 Å². The zero-order valence-electron chi connectivity index (χ0n) is 12.1. The van der Waals surface area contributed by atoms with E-state index in [1.807, 2.05) is 12.1 Å². The van der Waals surface area contributed by atoms with E-state index in [2.05, 4.69) is 17.0 Å². The van der Waals surface area contributed by atoms with Crippen molar-refractivity contribution in [3.63, 3.8) is 0 Å². The van der Waals surface area contributed by atoms with Gasteiger partial charge in [-0.05, 0) is 35.8 Å². The molecule has 1 aliphatic carbocycles. The average molecular weight is 287 g/mol. The van der Waals surface area contributed by atoms with E-state index in [9.17, 15) is 9.90 Å². The smallest absolute Gasteiger partial charge is 0.321 e. The lowest BCUT2D eigenvalue weighted by molar-refractivity contribution is -0.145. The third-order valence-electron chi connectivity index (χ3n) is 5.53. The summed E-state index contributed by atoms with van der Waals surface area (Å²) in [5, 5.41) is 9.73. The van der Waals surface area contributed by atoms with Crippen LogP contribution in [0.25, 0.3) is 0 Å². The highest BCUT2D eigenvalue weighted by atomic mass is 16.5. The molecule has 0 aromatic heterocycles. The minimum Gasteiger partial charge on any atom is -0.480 e. The summed E-state index contributed by atoms with van der Waals surface area (Å²) >= 11 is 0. The molecular weight excluding hydrogens is 266 g/mol. The van der Waals surface area contributed by atoms with Gasteiger partial charge in [0.1, 0.15) is 6.04 Å². The molecule has 4 nitrogen and oxygen atoms in total. The Morgan fingerprint density at radius 1 is 1.29 bits per heavy atom. The van der Waals surface area contributed by atoms with Gasteiger partial charge in [0, 0.05) is 6.54 Å². The molecule has 1 saturated carbocycles. The Hall–Kier alpha value is -1.39. The number of likely N-dealkylation sites (tertiary alicyclic amines) is 1. The molecule has 4 atom stereocenters. The third kappa shape index (κ3) is 2.09. The molecular formula is C17H21NO3. The summed E-state index contributed by atoms with van der Waals surface area (Å²) in [6.07, 6.45) is 3.43. The van der Waals surface area contributed by atoms with Gasteiger partial charge in [-0.3, -0.25) is 9.69 Å². The number of fused-ring (bicyclic) bond motifs is 2. The van der Waals surface area contributed by atoms with Crippen molar-refractivity contribution in [3.05, 3.63) is 35.4 Å². The maximum atomic E-state index is 11.8. The second-order valence-corrected chi connectivity index (χ2v) is 6.56. The zero-order chi connectivity index (χ0) is 14.4. The van der Waals surface area contributed by atoms with Crippen LogP contribution in [-0.4, -0.2) is 35.2 Å². The van der Waals surface area contributed by atoms with E-state index in [0.717, 1.165) is 13.0 Å². The molecule has 2 heterocycles. The van der Waals surface area contributed by atoms with Gasteiger partial charge in [0.25, 0.3) is 0 Å². The first-order valence-electron chi connectivity index (χ1n) is 7.90. The monoisotopic (exact) mass is 287 g/mol. The van der Waals surface area contributed by atoms with Crippen molar-refractivity contribution in [1.82, 2.24) is 4.90 Å². The minimum absolute atomic E-state index is 0.0987. The van der Waals surface area contributed by atoms with E-state index in [0.29, 0.717) is 25.0 Å². The van der Waals surface area contributed by atoms with Gasteiger partial charge >= 0.3 is 5.97 Å². The standard InChI is InChI=1S/C17H21NO3/c19-17(20)16-14-7-3-5-11(14)8-18(16)15-10-21-9-12-4-1-2-6-13(12)15/h1-2,4,6,11,14-16H,3,5,7-10H2,(H,19,20). The molecule has 1 saturated heterocycles. The summed E-state index contributed by atoms with van der Waals surface area (Å²) in [7, 11) is 0. The van der Waals surface area contributed by atoms with Gasteiger partial charge in [-0.15, -0.1) is 0 Å². The Bertz CT molecular complexity index is 559. The Morgan fingerprint density at radius 3 is 3.00 bits per heavy atom. The molecule has 3 aliphatic rings. The number of carbonyl (C=O) groups is 1. The Labute approximate surface area is 124 Å². The Kier molecular flexibility index (Phi) is 3.23. The number of aliphatic carboxylic acids is 1. The number of hydrogen-bond acceptors (Lipinski definition) is 3. The number of ether oxygens (including phenoxy) is 1. The number of carboxylic acid groups (broad SMARTS) is 1. The molecule has 0 spiro atoms. The first-order valence-corrected chi connectivity index (χ1v) is 7.90. The number of carboxylic acids is 1. The molecule has 0 bridgehead atoms. The number of benzene rings is 1. The summed E-state index contributed by atoms with van der Waals surface area (Å²) in [6, 6.07) is 8.06. The number of hydrogen-bond donors (Lipinski definition) is 1. The molecule has 0 amide bonds. The molecule has 1 aromatic carbocycles. The molecule has 21 heavy (non-hydrogen) atoms. The number of rotatable bonds is 2. The van der Waals surface area contributed by atoms with Crippen LogP contribution in [0.3, 0.4) is 0 Å². The predicted octanol–water partition coefficient (Wildman–Crippen LogP) is 2.44. The van der Waals surface area contributed by atoms with Gasteiger partial charge in [0.05, 0.1) is 19.3 Å². The first kappa shape index (κ1) is 13.3. The maximum Gasteiger partial charge on any atom is 0.321 e. The summed E-state index contributed by atoms with van der Waals surface area (Å²) in [4.78, 5) is 14.0. The lowest BCUT2D eigenvalue weighted by atomic mass is 9.93. The molecule has 0 radical (unpaired) electrons. The van der Waals surface area contributed by atoms with Crippen molar-refractivity contribution >= 4 is 5.97 Å². The van der Waals surface area contributed by atoms with E-state index in [1.165, 1.54) is 24.0 Å². The fourth-order valence-electron chi connectivity index (χ4n) is 4.62. The van der Waals surface area contributed by atoms with Crippen LogP contribution in [-0.2, 0) is 16.1 Å². The van der Waals surface area contributed by atoms with Crippen LogP contribution in [0.5, 0.6) is 0 Å². The van der Waals surface area contributed by atoms with Crippen molar-refractivity contribution in [1.29, 1.82) is 0 Å². The van der Waals surface area contributed by atoms with E-state index in [4.69, 9.17) is 4.74 Å². The van der Waals surface area contributed by atoms with Crippen molar-refractivity contribution in [2.45, 2.75) is 38.0 Å². The topological polar surface area (TPSA) is 49.8 Å². The Morgan fingerprint density at radius 2 is 2.14 bits per heavy atom. The number of nitrogens with zero attached hydrogens (tertiary/aromatic N) is 1. The van der Waals surface area contributed by atoms with E-state index >= 15 is 0 Å². The van der Waals surface area contributed by atoms with Crippen LogP contribution in [0, 0.1) is 11.8 Å². The van der Waals surface area contributed by atoms with Crippen LogP contribution in [0.4, 0.5) is 0 Å². The zero-order valence-corrected chi connectivity index (χ0v) is 12.1. The average Bonchev–Trinajstić information content (AvgIpc) is 3.06. The van der Waals surface area contributed by atoms with Crippen molar-refractivity contribution < 1.29 is 14.6 Å². The molecule has 4 unspecified atom stereocenters. The molecule has 2 aliphatic heterocycles. The first-order chi connectivity index (χ1) is 10.3. The van der Waals surface area contributed by atoms with E-state index in [1.54, 1.807) is 0 Å². The summed E-state index contributed by atoms with van der Waals surface area (Å²) < 4.78 is 5.74. The minimum atomic E-state index is -0.660. The van der Waals surface area contributed by atoms with E-state index < -0.39 is 5.97 Å². The van der Waals surface area contributed by atoms with Crippen molar-refractivity contribution in [3.8, 4) is 0 Å². The highest BCUT2D eigenvalue weighted by Crippen LogP contribution is 2.46. The lowest BCUT2D eigenvalue weighted by Gasteiger charge is -2.36. The molecule has 1 N–H and O–H groups in total. The van der Waals surface area contributed by atoms with Gasteiger partial charge in [0.15, 0.2) is 0 Å². The van der Waals surface area contributed by atoms with Crippen molar-refractivity contribution in [2.75, 3.05) is 13.2 Å². The SMILES string of the molecule is O=C(O)C1C2CCCC2CN1C1COCc2ccccc21. The lowest BCUT2D eigenvalue weighted by Crippen LogP contribution is -2.44. The van der Waals surface area contributed by atoms with Crippen LogP contribution in [0.2, 0.25) is 0 Å². The molecule has 1 aromatic rings. The second kappa shape index (κ2) is 5.11. The van der Waals surface area contributed by atoms with Crippen molar-refractivity contribution in [2.24, 2.45) is 11.8 Å². The molecule has 112 valence electrons. The normalized spacial score (nSPS) is 35.4. The van der Waals surface area contributed by atoms with Gasteiger partial charge < -0.3 is 9.84 Å². The van der Waals surface area contributed by atoms with Crippen LogP contribution < -0.4 is 0 Å².